The second-order valence-electron chi connectivity index (χ2n) is 5.96. The Balaban J connectivity index is 1.64. The molecule has 0 saturated carbocycles. The van der Waals surface area contributed by atoms with Gasteiger partial charge in [-0.2, -0.15) is 13.2 Å². The quantitative estimate of drug-likeness (QED) is 0.844. The van der Waals surface area contributed by atoms with Crippen LogP contribution in [-0.4, -0.2) is 60.7 Å². The minimum atomic E-state index is -4.43. The van der Waals surface area contributed by atoms with Gasteiger partial charge in [-0.15, -0.1) is 0 Å². The molecule has 1 fully saturated rings. The number of carbonyl (C=O) groups excluding carboxylic acids is 1. The lowest BCUT2D eigenvalue weighted by Crippen LogP contribution is -2.57. The summed E-state index contributed by atoms with van der Waals surface area (Å²) in [5.74, 6) is -0.453. The number of hydrogen-bond acceptors (Lipinski definition) is 5. The second kappa shape index (κ2) is 7.88. The number of halogens is 3. The van der Waals surface area contributed by atoms with Crippen molar-refractivity contribution in [3.05, 3.63) is 42.3 Å². The molecule has 0 spiro atoms. The number of nitrogens with one attached hydrogen (secondary N) is 2. The number of aromatic nitrogens is 1. The smallest absolute Gasteiger partial charge is 0.405 e. The van der Waals surface area contributed by atoms with Crippen LogP contribution >= 0.6 is 0 Å². The van der Waals surface area contributed by atoms with Crippen LogP contribution in [0.1, 0.15) is 10.5 Å². The molecule has 1 aliphatic rings. The lowest BCUT2D eigenvalue weighted by atomic mass is 10.2. The summed E-state index contributed by atoms with van der Waals surface area (Å²) in [7, 11) is 0. The van der Waals surface area contributed by atoms with E-state index in [9.17, 15) is 18.0 Å². The molecule has 140 valence electrons. The predicted molar refractivity (Wildman–Crippen MR) is 88.6 cm³/mol. The van der Waals surface area contributed by atoms with E-state index in [4.69, 9.17) is 4.42 Å². The molecule has 1 saturated heterocycles. The molecule has 1 atom stereocenters. The molecule has 2 heterocycles. The highest BCUT2D eigenvalue weighted by atomic mass is 19.4. The fourth-order valence-corrected chi connectivity index (χ4v) is 2.82. The van der Waals surface area contributed by atoms with Crippen LogP contribution in [0.2, 0.25) is 0 Å². The topological polar surface area (TPSA) is 70.4 Å². The first-order valence-electron chi connectivity index (χ1n) is 8.26. The van der Waals surface area contributed by atoms with E-state index >= 15 is 0 Å². The number of alkyl halides is 3. The van der Waals surface area contributed by atoms with Gasteiger partial charge in [0.1, 0.15) is 12.3 Å². The van der Waals surface area contributed by atoms with Gasteiger partial charge in [-0.05, 0) is 12.1 Å². The van der Waals surface area contributed by atoms with E-state index in [1.807, 2.05) is 6.07 Å². The van der Waals surface area contributed by atoms with Gasteiger partial charge in [0.05, 0.1) is 0 Å². The van der Waals surface area contributed by atoms with Crippen LogP contribution in [0.4, 0.5) is 13.2 Å². The molecule has 1 aliphatic heterocycles. The van der Waals surface area contributed by atoms with Crippen molar-refractivity contribution in [1.29, 1.82) is 0 Å². The van der Waals surface area contributed by atoms with Crippen LogP contribution in [-0.2, 0) is 0 Å². The van der Waals surface area contributed by atoms with E-state index in [2.05, 4.69) is 15.6 Å². The highest BCUT2D eigenvalue weighted by molar-refractivity contribution is 5.92. The van der Waals surface area contributed by atoms with Crippen LogP contribution in [0.5, 0.6) is 0 Å². The molecule has 1 amide bonds. The van der Waals surface area contributed by atoms with Gasteiger partial charge in [-0.25, -0.2) is 4.98 Å². The third-order valence-corrected chi connectivity index (χ3v) is 4.18. The Morgan fingerprint density at radius 2 is 1.96 bits per heavy atom. The number of nitrogens with zero attached hydrogens (tertiary/aromatic N) is 2. The molecular formula is C17H19F3N4O2. The minimum Gasteiger partial charge on any atom is -0.444 e. The summed E-state index contributed by atoms with van der Waals surface area (Å²) in [6, 6.07) is 7.21. The Kier molecular flexibility index (Phi) is 5.58. The Morgan fingerprint density at radius 1 is 1.27 bits per heavy atom. The molecule has 2 aromatic rings. The van der Waals surface area contributed by atoms with E-state index < -0.39 is 24.7 Å². The van der Waals surface area contributed by atoms with Gasteiger partial charge in [0.15, 0.2) is 5.69 Å². The van der Waals surface area contributed by atoms with Gasteiger partial charge in [0, 0.05) is 38.3 Å². The molecule has 26 heavy (non-hydrogen) atoms. The average molecular weight is 368 g/mol. The van der Waals surface area contributed by atoms with Crippen molar-refractivity contribution >= 4 is 5.91 Å². The van der Waals surface area contributed by atoms with Crippen molar-refractivity contribution in [2.45, 2.75) is 12.2 Å². The zero-order chi connectivity index (χ0) is 18.6. The third-order valence-electron chi connectivity index (χ3n) is 4.18. The van der Waals surface area contributed by atoms with Crippen LogP contribution in [0.3, 0.4) is 0 Å². The number of piperazine rings is 1. The fraction of sp³-hybridized carbons (Fsp3) is 0.412. The summed E-state index contributed by atoms with van der Waals surface area (Å²) >= 11 is 0. The van der Waals surface area contributed by atoms with Gasteiger partial charge < -0.3 is 15.1 Å². The molecule has 2 N–H and O–H groups in total. The highest BCUT2D eigenvalue weighted by Gasteiger charge is 2.43. The van der Waals surface area contributed by atoms with E-state index in [1.165, 1.54) is 4.90 Å². The molecule has 6 nitrogen and oxygen atoms in total. The van der Waals surface area contributed by atoms with Gasteiger partial charge in [-0.3, -0.25) is 9.69 Å². The van der Waals surface area contributed by atoms with Crippen LogP contribution < -0.4 is 10.6 Å². The SMILES string of the molecule is O=C(NCC(N1CCNCC1)C(F)(F)F)c1coc(-c2ccccc2)n1. The average Bonchev–Trinajstić information content (AvgIpc) is 3.12. The highest BCUT2D eigenvalue weighted by Crippen LogP contribution is 2.25. The molecule has 0 aliphatic carbocycles. The third kappa shape index (κ3) is 4.41. The van der Waals surface area contributed by atoms with Gasteiger partial charge >= 0.3 is 6.18 Å². The van der Waals surface area contributed by atoms with E-state index in [1.54, 1.807) is 24.3 Å². The molecule has 0 bridgehead atoms. The number of benzene rings is 1. The maximum atomic E-state index is 13.3. The Hall–Kier alpha value is -2.39. The van der Waals surface area contributed by atoms with Crippen molar-refractivity contribution in [3.8, 4) is 11.5 Å². The summed E-state index contributed by atoms with van der Waals surface area (Å²) < 4.78 is 45.3. The van der Waals surface area contributed by atoms with Crippen molar-refractivity contribution in [3.63, 3.8) is 0 Å². The summed E-state index contributed by atoms with van der Waals surface area (Å²) in [5, 5.41) is 5.34. The van der Waals surface area contributed by atoms with Gasteiger partial charge in [0.25, 0.3) is 5.91 Å². The van der Waals surface area contributed by atoms with Crippen molar-refractivity contribution in [2.75, 3.05) is 32.7 Å². The zero-order valence-corrected chi connectivity index (χ0v) is 13.9. The lowest BCUT2D eigenvalue weighted by molar-refractivity contribution is -0.183. The standard InChI is InChI=1S/C17H19F3N4O2/c18-17(19,20)14(24-8-6-21-7-9-24)10-22-15(25)13-11-26-16(23-13)12-4-2-1-3-5-12/h1-5,11,14,21H,6-10H2,(H,22,25). The largest absolute Gasteiger partial charge is 0.444 e. The fourth-order valence-electron chi connectivity index (χ4n) is 2.82. The normalized spacial score (nSPS) is 17.0. The number of oxazole rings is 1. The van der Waals surface area contributed by atoms with Crippen molar-refractivity contribution < 1.29 is 22.4 Å². The molecule has 3 rings (SSSR count). The first-order valence-corrected chi connectivity index (χ1v) is 8.26. The van der Waals surface area contributed by atoms with Gasteiger partial charge in [-0.1, -0.05) is 18.2 Å². The van der Waals surface area contributed by atoms with Crippen LogP contribution in [0.25, 0.3) is 11.5 Å². The molecular weight excluding hydrogens is 349 g/mol. The van der Waals surface area contributed by atoms with E-state index in [0.29, 0.717) is 18.7 Å². The second-order valence-corrected chi connectivity index (χ2v) is 5.96. The molecule has 1 aromatic carbocycles. The van der Waals surface area contributed by atoms with E-state index in [0.717, 1.165) is 6.26 Å². The predicted octanol–water partition coefficient (Wildman–Crippen LogP) is 1.91. The first-order chi connectivity index (χ1) is 12.4. The summed E-state index contributed by atoms with van der Waals surface area (Å²) in [6.07, 6.45) is -3.28. The Morgan fingerprint density at radius 3 is 2.62 bits per heavy atom. The first kappa shape index (κ1) is 18.4. The monoisotopic (exact) mass is 368 g/mol. The van der Waals surface area contributed by atoms with E-state index in [-0.39, 0.29) is 24.7 Å². The molecule has 1 aromatic heterocycles. The molecule has 0 radical (unpaired) electrons. The van der Waals surface area contributed by atoms with Crippen molar-refractivity contribution in [2.24, 2.45) is 0 Å². The molecule has 9 heteroatoms. The van der Waals surface area contributed by atoms with Gasteiger partial charge in [0.2, 0.25) is 5.89 Å². The number of hydrogen-bond donors (Lipinski definition) is 2. The molecule has 1 unspecified atom stereocenters. The lowest BCUT2D eigenvalue weighted by Gasteiger charge is -2.35. The number of carbonyl (C=O) groups is 1. The maximum Gasteiger partial charge on any atom is 0.405 e. The summed E-state index contributed by atoms with van der Waals surface area (Å²) in [4.78, 5) is 17.5. The number of rotatable bonds is 5. The maximum absolute atomic E-state index is 13.3. The minimum absolute atomic E-state index is 0.0508. The Labute approximate surface area is 148 Å². The van der Waals surface area contributed by atoms with Crippen molar-refractivity contribution in [1.82, 2.24) is 20.5 Å². The number of amides is 1. The summed E-state index contributed by atoms with van der Waals surface area (Å²) in [5.41, 5.74) is 0.630. The van der Waals surface area contributed by atoms with Crippen LogP contribution in [0, 0.1) is 0 Å². The summed E-state index contributed by atoms with van der Waals surface area (Å²) in [6.45, 7) is 1.01. The zero-order valence-electron chi connectivity index (χ0n) is 13.9. The van der Waals surface area contributed by atoms with Crippen LogP contribution in [0.15, 0.2) is 41.0 Å². The Bertz CT molecular complexity index is 727.